The molecule has 6 heteroatoms. The average Bonchev–Trinajstić information content (AvgIpc) is 2.86. The first-order chi connectivity index (χ1) is 11.0. The quantitative estimate of drug-likeness (QED) is 0.893. The number of anilines is 1. The van der Waals surface area contributed by atoms with Crippen molar-refractivity contribution in [3.8, 4) is 5.69 Å². The highest BCUT2D eigenvalue weighted by Crippen LogP contribution is 2.25. The van der Waals surface area contributed by atoms with Crippen LogP contribution in [0.25, 0.3) is 5.69 Å². The van der Waals surface area contributed by atoms with Gasteiger partial charge in [0.25, 0.3) is 0 Å². The molecule has 2 atom stereocenters. The number of halogens is 1. The van der Waals surface area contributed by atoms with Gasteiger partial charge in [-0.1, -0.05) is 12.5 Å². The van der Waals surface area contributed by atoms with Gasteiger partial charge in [0.05, 0.1) is 11.4 Å². The summed E-state index contributed by atoms with van der Waals surface area (Å²) in [6, 6.07) is 9.99. The van der Waals surface area contributed by atoms with Gasteiger partial charge in [-0.3, -0.25) is 4.79 Å². The molecular weight excluding hydrogens is 324 g/mol. The Hall–Kier alpha value is -1.85. The maximum absolute atomic E-state index is 12.4. The van der Waals surface area contributed by atoms with Crippen molar-refractivity contribution in [3.63, 3.8) is 0 Å². The number of aromatic nitrogens is 2. The van der Waals surface area contributed by atoms with Crippen LogP contribution in [0.3, 0.4) is 0 Å². The lowest BCUT2D eigenvalue weighted by Gasteiger charge is -2.25. The summed E-state index contributed by atoms with van der Waals surface area (Å²) in [5, 5.41) is 7.52. The van der Waals surface area contributed by atoms with Crippen LogP contribution in [0.15, 0.2) is 30.3 Å². The Kier molecular flexibility index (Phi) is 6.02. The summed E-state index contributed by atoms with van der Waals surface area (Å²) >= 11 is 0. The maximum Gasteiger partial charge on any atom is 0.227 e. The van der Waals surface area contributed by atoms with Gasteiger partial charge in [-0.05, 0) is 57.4 Å². The number of nitrogens with zero attached hydrogens (tertiary/aromatic N) is 2. The monoisotopic (exact) mass is 348 g/mol. The second kappa shape index (κ2) is 7.81. The predicted molar refractivity (Wildman–Crippen MR) is 98.8 cm³/mol. The number of nitrogens with two attached hydrogens (primary N) is 1. The molecule has 1 aromatic heterocycles. The minimum atomic E-state index is 0. The van der Waals surface area contributed by atoms with Gasteiger partial charge in [0.1, 0.15) is 0 Å². The number of carbonyl (C=O) groups excluding carboxylic acids is 1. The molecule has 130 valence electrons. The number of aryl methyl sites for hydroxylation is 2. The van der Waals surface area contributed by atoms with Crippen molar-refractivity contribution in [2.45, 2.75) is 45.6 Å². The van der Waals surface area contributed by atoms with Crippen molar-refractivity contribution < 1.29 is 4.79 Å². The molecule has 1 heterocycles. The molecule has 3 rings (SSSR count). The Morgan fingerprint density at radius 1 is 1.29 bits per heavy atom. The van der Waals surface area contributed by atoms with E-state index < -0.39 is 0 Å². The second-order valence-electron chi connectivity index (χ2n) is 6.50. The van der Waals surface area contributed by atoms with Gasteiger partial charge in [-0.2, -0.15) is 5.10 Å². The standard InChI is InChI=1S/C18H24N4O.ClH/c1-12-9-13(2)22(21-12)17-8-4-7-16(11-17)20-18(23)14-5-3-6-15(19)10-14;/h4,7-9,11,14-15H,3,5-6,10,19H2,1-2H3,(H,20,23);1H. The lowest BCUT2D eigenvalue weighted by atomic mass is 9.85. The summed E-state index contributed by atoms with van der Waals surface area (Å²) in [6.45, 7) is 4.00. The van der Waals surface area contributed by atoms with E-state index in [1.165, 1.54) is 0 Å². The summed E-state index contributed by atoms with van der Waals surface area (Å²) in [6.07, 6.45) is 3.77. The summed E-state index contributed by atoms with van der Waals surface area (Å²) in [5.74, 6) is 0.0988. The molecule has 2 aromatic rings. The zero-order valence-corrected chi connectivity index (χ0v) is 15.0. The van der Waals surface area contributed by atoms with Crippen molar-refractivity contribution in [2.24, 2.45) is 11.7 Å². The predicted octanol–water partition coefficient (Wildman–Crippen LogP) is 3.37. The summed E-state index contributed by atoms with van der Waals surface area (Å²) in [7, 11) is 0. The Bertz CT molecular complexity index is 713. The van der Waals surface area contributed by atoms with Gasteiger partial charge in [-0.25, -0.2) is 4.68 Å². The number of carbonyl (C=O) groups is 1. The van der Waals surface area contributed by atoms with E-state index >= 15 is 0 Å². The first kappa shape index (κ1) is 18.5. The second-order valence-corrected chi connectivity index (χ2v) is 6.50. The fourth-order valence-electron chi connectivity index (χ4n) is 3.32. The van der Waals surface area contributed by atoms with E-state index in [9.17, 15) is 4.79 Å². The number of amides is 1. The van der Waals surface area contributed by atoms with E-state index in [1.807, 2.05) is 48.9 Å². The number of nitrogens with one attached hydrogen (secondary N) is 1. The Morgan fingerprint density at radius 2 is 2.08 bits per heavy atom. The molecule has 1 amide bonds. The molecule has 0 aliphatic heterocycles. The third-order valence-corrected chi connectivity index (χ3v) is 4.45. The van der Waals surface area contributed by atoms with E-state index in [0.29, 0.717) is 0 Å². The van der Waals surface area contributed by atoms with Crippen LogP contribution >= 0.6 is 12.4 Å². The zero-order chi connectivity index (χ0) is 16.4. The van der Waals surface area contributed by atoms with Crippen LogP contribution < -0.4 is 11.1 Å². The normalized spacial score (nSPS) is 20.3. The van der Waals surface area contributed by atoms with Gasteiger partial charge in [0.2, 0.25) is 5.91 Å². The van der Waals surface area contributed by atoms with Gasteiger partial charge in [-0.15, -0.1) is 12.4 Å². The highest BCUT2D eigenvalue weighted by atomic mass is 35.5. The van der Waals surface area contributed by atoms with E-state index in [2.05, 4.69) is 10.4 Å². The molecule has 5 nitrogen and oxygen atoms in total. The minimum absolute atomic E-state index is 0. The Labute approximate surface area is 149 Å². The molecular formula is C18H25ClN4O. The van der Waals surface area contributed by atoms with E-state index in [0.717, 1.165) is 48.4 Å². The lowest BCUT2D eigenvalue weighted by Crippen LogP contribution is -2.34. The Morgan fingerprint density at radius 3 is 2.75 bits per heavy atom. The zero-order valence-electron chi connectivity index (χ0n) is 14.2. The molecule has 0 spiro atoms. The molecule has 2 unspecified atom stereocenters. The van der Waals surface area contributed by atoms with Gasteiger partial charge in [0.15, 0.2) is 0 Å². The molecule has 1 saturated carbocycles. The fraction of sp³-hybridized carbons (Fsp3) is 0.444. The molecule has 0 bridgehead atoms. The molecule has 3 N–H and O–H groups in total. The van der Waals surface area contributed by atoms with Gasteiger partial charge >= 0.3 is 0 Å². The summed E-state index contributed by atoms with van der Waals surface area (Å²) in [4.78, 5) is 12.4. The molecule has 1 aromatic carbocycles. The number of hydrogen-bond acceptors (Lipinski definition) is 3. The van der Waals surface area contributed by atoms with Crippen LogP contribution in [0.4, 0.5) is 5.69 Å². The maximum atomic E-state index is 12.4. The first-order valence-corrected chi connectivity index (χ1v) is 8.23. The molecule has 24 heavy (non-hydrogen) atoms. The van der Waals surface area contributed by atoms with Gasteiger partial charge < -0.3 is 11.1 Å². The highest BCUT2D eigenvalue weighted by molar-refractivity contribution is 5.92. The topological polar surface area (TPSA) is 72.9 Å². The molecule has 0 saturated heterocycles. The van der Waals surface area contributed by atoms with Crippen LogP contribution in [-0.4, -0.2) is 21.7 Å². The highest BCUT2D eigenvalue weighted by Gasteiger charge is 2.25. The van der Waals surface area contributed by atoms with E-state index in [-0.39, 0.29) is 30.3 Å². The van der Waals surface area contributed by atoms with Crippen molar-refractivity contribution >= 4 is 24.0 Å². The van der Waals surface area contributed by atoms with Crippen LogP contribution in [0, 0.1) is 19.8 Å². The van der Waals surface area contributed by atoms with Crippen molar-refractivity contribution in [1.82, 2.24) is 9.78 Å². The van der Waals surface area contributed by atoms with Crippen molar-refractivity contribution in [1.29, 1.82) is 0 Å². The number of rotatable bonds is 3. The molecule has 0 radical (unpaired) electrons. The third kappa shape index (κ3) is 4.16. The fourth-order valence-corrected chi connectivity index (χ4v) is 3.32. The first-order valence-electron chi connectivity index (χ1n) is 8.23. The molecule has 1 fully saturated rings. The molecule has 1 aliphatic rings. The SMILES string of the molecule is Cc1cc(C)n(-c2cccc(NC(=O)C3CCCC(N)C3)c2)n1.Cl. The minimum Gasteiger partial charge on any atom is -0.328 e. The van der Waals surface area contributed by atoms with Crippen LogP contribution in [0.1, 0.15) is 37.1 Å². The smallest absolute Gasteiger partial charge is 0.227 e. The van der Waals surface area contributed by atoms with Crippen LogP contribution in [0.2, 0.25) is 0 Å². The largest absolute Gasteiger partial charge is 0.328 e. The van der Waals surface area contributed by atoms with Crippen LogP contribution in [-0.2, 0) is 4.79 Å². The van der Waals surface area contributed by atoms with Crippen LogP contribution in [0.5, 0.6) is 0 Å². The summed E-state index contributed by atoms with van der Waals surface area (Å²) < 4.78 is 1.89. The number of hydrogen-bond donors (Lipinski definition) is 2. The van der Waals surface area contributed by atoms with Gasteiger partial charge in [0, 0.05) is 23.3 Å². The van der Waals surface area contributed by atoms with E-state index in [4.69, 9.17) is 5.73 Å². The molecule has 1 aliphatic carbocycles. The average molecular weight is 349 g/mol. The van der Waals surface area contributed by atoms with E-state index in [1.54, 1.807) is 0 Å². The number of benzene rings is 1. The lowest BCUT2D eigenvalue weighted by molar-refractivity contribution is -0.120. The van der Waals surface area contributed by atoms with Crippen molar-refractivity contribution in [3.05, 3.63) is 41.7 Å². The summed E-state index contributed by atoms with van der Waals surface area (Å²) in [5.41, 5.74) is 9.79. The third-order valence-electron chi connectivity index (χ3n) is 4.45. The Balaban J connectivity index is 0.00000208. The van der Waals surface area contributed by atoms with Crippen molar-refractivity contribution in [2.75, 3.05) is 5.32 Å².